The van der Waals surface area contributed by atoms with Gasteiger partial charge in [-0.1, -0.05) is 23.9 Å². The molecule has 0 atom stereocenters. The number of ether oxygens (including phenoxy) is 1. The molecule has 4 rings (SSSR count). The summed E-state index contributed by atoms with van der Waals surface area (Å²) in [7, 11) is 1.58. The number of aryl methyl sites for hydroxylation is 1. The predicted molar refractivity (Wildman–Crippen MR) is 107 cm³/mol. The van der Waals surface area contributed by atoms with Gasteiger partial charge in [0.1, 0.15) is 11.3 Å². The summed E-state index contributed by atoms with van der Waals surface area (Å²) < 4.78 is 12.2. The Morgan fingerprint density at radius 2 is 2.04 bits per heavy atom. The molecule has 4 aromatic rings. The lowest BCUT2D eigenvalue weighted by molar-refractivity contribution is 0.414. The number of benzene rings is 2. The minimum Gasteiger partial charge on any atom is -0.497 e. The average Bonchev–Trinajstić information content (AvgIpc) is 3.15. The van der Waals surface area contributed by atoms with E-state index in [9.17, 15) is 4.79 Å². The average molecular weight is 394 g/mol. The smallest absolute Gasteiger partial charge is 0.336 e. The van der Waals surface area contributed by atoms with Crippen molar-refractivity contribution in [1.29, 1.82) is 0 Å². The monoisotopic (exact) mass is 394 g/mol. The maximum atomic E-state index is 12.0. The molecule has 0 saturated carbocycles. The Kier molecular flexibility index (Phi) is 4.87. The van der Waals surface area contributed by atoms with E-state index in [0.29, 0.717) is 22.2 Å². The third kappa shape index (κ3) is 3.38. The van der Waals surface area contributed by atoms with Gasteiger partial charge in [-0.15, -0.1) is 5.10 Å². The molecule has 2 heterocycles. The van der Waals surface area contributed by atoms with Crippen LogP contribution in [-0.2, 0) is 5.75 Å². The van der Waals surface area contributed by atoms with E-state index in [2.05, 4.69) is 28.5 Å². The highest BCUT2D eigenvalue weighted by Crippen LogP contribution is 2.29. The molecule has 28 heavy (non-hydrogen) atoms. The third-order valence-corrected chi connectivity index (χ3v) is 5.61. The molecule has 2 aromatic carbocycles. The van der Waals surface area contributed by atoms with Crippen molar-refractivity contribution in [3.63, 3.8) is 0 Å². The van der Waals surface area contributed by atoms with Crippen LogP contribution in [0.3, 0.4) is 0 Å². The molecule has 0 aliphatic heterocycles. The van der Waals surface area contributed by atoms with Gasteiger partial charge in [0.25, 0.3) is 0 Å². The summed E-state index contributed by atoms with van der Waals surface area (Å²) in [5, 5.41) is 13.6. The van der Waals surface area contributed by atoms with Gasteiger partial charge in [0.2, 0.25) is 5.16 Å². The first kappa shape index (κ1) is 18.2. The number of tetrazole rings is 1. The molecule has 0 fully saturated rings. The number of nitrogens with zero attached hydrogens (tertiary/aromatic N) is 4. The van der Waals surface area contributed by atoms with Crippen LogP contribution >= 0.6 is 11.8 Å². The molecule has 2 aromatic heterocycles. The van der Waals surface area contributed by atoms with E-state index < -0.39 is 5.63 Å². The molecule has 0 saturated heterocycles. The molecule has 0 unspecified atom stereocenters. The van der Waals surface area contributed by atoms with Crippen molar-refractivity contribution in [2.45, 2.75) is 24.8 Å². The van der Waals surface area contributed by atoms with E-state index >= 15 is 0 Å². The highest BCUT2D eigenvalue weighted by molar-refractivity contribution is 7.98. The van der Waals surface area contributed by atoms with E-state index in [0.717, 1.165) is 22.2 Å². The topological polar surface area (TPSA) is 83.0 Å². The standard InChI is InChI=1S/C20H18N4O3S/c1-12-5-4-6-17(13(12)2)24-20(21-22-23-24)28-11-14-9-19(25)27-18-10-15(26-3)7-8-16(14)18/h4-10H,11H2,1-3H3. The van der Waals surface area contributed by atoms with Gasteiger partial charge in [-0.2, -0.15) is 4.68 Å². The quantitative estimate of drug-likeness (QED) is 0.377. The van der Waals surface area contributed by atoms with Crippen molar-refractivity contribution in [2.24, 2.45) is 0 Å². The SMILES string of the molecule is COc1ccc2c(CSc3nnnn3-c3cccc(C)c3C)cc(=O)oc2c1. The summed E-state index contributed by atoms with van der Waals surface area (Å²) in [6.45, 7) is 4.10. The number of thioether (sulfide) groups is 1. The second-order valence-corrected chi connectivity index (χ2v) is 7.28. The molecular weight excluding hydrogens is 376 g/mol. The fourth-order valence-corrected chi connectivity index (χ4v) is 3.86. The Hall–Kier alpha value is -3.13. The van der Waals surface area contributed by atoms with Crippen molar-refractivity contribution in [2.75, 3.05) is 7.11 Å². The lowest BCUT2D eigenvalue weighted by Crippen LogP contribution is -2.03. The van der Waals surface area contributed by atoms with Crippen LogP contribution in [0.25, 0.3) is 16.7 Å². The van der Waals surface area contributed by atoms with Crippen LogP contribution in [-0.4, -0.2) is 27.3 Å². The van der Waals surface area contributed by atoms with Crippen molar-refractivity contribution in [3.05, 3.63) is 69.6 Å². The molecule has 8 heteroatoms. The molecular formula is C20H18N4O3S. The molecule has 7 nitrogen and oxygen atoms in total. The zero-order chi connectivity index (χ0) is 19.7. The van der Waals surface area contributed by atoms with Crippen LogP contribution < -0.4 is 10.4 Å². The van der Waals surface area contributed by atoms with Gasteiger partial charge in [0.15, 0.2) is 0 Å². The fraction of sp³-hybridized carbons (Fsp3) is 0.200. The number of fused-ring (bicyclic) bond motifs is 1. The van der Waals surface area contributed by atoms with Gasteiger partial charge in [-0.3, -0.25) is 0 Å². The molecule has 0 bridgehead atoms. The van der Waals surface area contributed by atoms with Crippen molar-refractivity contribution >= 4 is 22.7 Å². The molecule has 0 aliphatic carbocycles. The highest BCUT2D eigenvalue weighted by Gasteiger charge is 2.14. The zero-order valence-electron chi connectivity index (χ0n) is 15.7. The van der Waals surface area contributed by atoms with Gasteiger partial charge >= 0.3 is 5.63 Å². The summed E-state index contributed by atoms with van der Waals surface area (Å²) in [6, 6.07) is 13.0. The molecule has 0 amide bonds. The summed E-state index contributed by atoms with van der Waals surface area (Å²) >= 11 is 1.46. The van der Waals surface area contributed by atoms with E-state index in [1.807, 2.05) is 31.2 Å². The lowest BCUT2D eigenvalue weighted by atomic mass is 10.1. The maximum absolute atomic E-state index is 12.0. The van der Waals surface area contributed by atoms with Gasteiger partial charge in [0.05, 0.1) is 12.8 Å². The fourth-order valence-electron chi connectivity index (χ4n) is 2.98. The Morgan fingerprint density at radius 3 is 2.86 bits per heavy atom. The molecule has 0 spiro atoms. The van der Waals surface area contributed by atoms with Crippen LogP contribution in [0.2, 0.25) is 0 Å². The largest absolute Gasteiger partial charge is 0.497 e. The minimum atomic E-state index is -0.398. The first-order valence-electron chi connectivity index (χ1n) is 8.65. The predicted octanol–water partition coefficient (Wildman–Crippen LogP) is 3.69. The lowest BCUT2D eigenvalue weighted by Gasteiger charge is -2.10. The van der Waals surface area contributed by atoms with Crippen LogP contribution in [0, 0.1) is 13.8 Å². The van der Waals surface area contributed by atoms with Crippen molar-refractivity contribution in [3.8, 4) is 11.4 Å². The summed E-state index contributed by atoms with van der Waals surface area (Å²) in [4.78, 5) is 12.0. The number of rotatable bonds is 5. The summed E-state index contributed by atoms with van der Waals surface area (Å²) in [5.41, 5.74) is 4.19. The molecule has 0 radical (unpaired) electrons. The van der Waals surface area contributed by atoms with E-state index in [1.165, 1.54) is 23.4 Å². The van der Waals surface area contributed by atoms with E-state index in [4.69, 9.17) is 9.15 Å². The Balaban J connectivity index is 1.67. The molecule has 142 valence electrons. The number of methoxy groups -OCH3 is 1. The van der Waals surface area contributed by atoms with Crippen LogP contribution in [0.5, 0.6) is 5.75 Å². The Morgan fingerprint density at radius 1 is 1.18 bits per heavy atom. The first-order valence-corrected chi connectivity index (χ1v) is 9.64. The van der Waals surface area contributed by atoms with E-state index in [1.54, 1.807) is 17.9 Å². The first-order chi connectivity index (χ1) is 13.6. The Labute approximate surface area is 165 Å². The molecule has 0 N–H and O–H groups in total. The minimum absolute atomic E-state index is 0.398. The summed E-state index contributed by atoms with van der Waals surface area (Å²) in [6.07, 6.45) is 0. The van der Waals surface area contributed by atoms with Crippen LogP contribution in [0.1, 0.15) is 16.7 Å². The van der Waals surface area contributed by atoms with Gasteiger partial charge in [0, 0.05) is 23.3 Å². The second-order valence-electron chi connectivity index (χ2n) is 6.33. The van der Waals surface area contributed by atoms with Gasteiger partial charge < -0.3 is 9.15 Å². The molecule has 0 aliphatic rings. The van der Waals surface area contributed by atoms with Crippen LogP contribution in [0.4, 0.5) is 0 Å². The second kappa shape index (κ2) is 7.47. The van der Waals surface area contributed by atoms with E-state index in [-0.39, 0.29) is 0 Å². The maximum Gasteiger partial charge on any atom is 0.336 e. The summed E-state index contributed by atoms with van der Waals surface area (Å²) in [5.74, 6) is 1.17. The van der Waals surface area contributed by atoms with Crippen molar-refractivity contribution in [1.82, 2.24) is 20.2 Å². The van der Waals surface area contributed by atoms with Crippen LogP contribution in [0.15, 0.2) is 56.8 Å². The number of aromatic nitrogens is 4. The van der Waals surface area contributed by atoms with Crippen molar-refractivity contribution < 1.29 is 9.15 Å². The number of hydrogen-bond acceptors (Lipinski definition) is 7. The van der Waals surface area contributed by atoms with Gasteiger partial charge in [-0.25, -0.2) is 4.79 Å². The zero-order valence-corrected chi connectivity index (χ0v) is 16.5. The Bertz CT molecular complexity index is 1220. The third-order valence-electron chi connectivity index (χ3n) is 4.64. The highest BCUT2D eigenvalue weighted by atomic mass is 32.2. The normalized spacial score (nSPS) is 11.1. The van der Waals surface area contributed by atoms with Gasteiger partial charge in [-0.05, 0) is 59.2 Å². The number of hydrogen-bond donors (Lipinski definition) is 0.